The molecular weight excluding hydrogens is 302 g/mol. The maximum absolute atomic E-state index is 12.0. The molecule has 1 aromatic carbocycles. The number of hydrogen-bond donors (Lipinski definition) is 1. The van der Waals surface area contributed by atoms with E-state index in [2.05, 4.69) is 19.2 Å². The van der Waals surface area contributed by atoms with E-state index in [0.29, 0.717) is 12.2 Å². The van der Waals surface area contributed by atoms with Crippen molar-refractivity contribution in [3.63, 3.8) is 0 Å². The van der Waals surface area contributed by atoms with E-state index in [-0.39, 0.29) is 10.7 Å². The highest BCUT2D eigenvalue weighted by Gasteiger charge is 2.27. The predicted octanol–water partition coefficient (Wildman–Crippen LogP) is 4.40. The summed E-state index contributed by atoms with van der Waals surface area (Å²) < 4.78 is 6.02. The summed E-state index contributed by atoms with van der Waals surface area (Å²) >= 11 is 7.03. The van der Waals surface area contributed by atoms with Gasteiger partial charge in [0.1, 0.15) is 0 Å². The molecule has 0 unspecified atom stereocenters. The Labute approximate surface area is 135 Å². The number of anilines is 1. The van der Waals surface area contributed by atoms with Crippen LogP contribution in [0.5, 0.6) is 0 Å². The van der Waals surface area contributed by atoms with E-state index in [4.69, 9.17) is 17.0 Å². The number of thioether (sulfide) groups is 1. The van der Waals surface area contributed by atoms with E-state index in [0.717, 1.165) is 22.0 Å². The lowest BCUT2D eigenvalue weighted by molar-refractivity contribution is 0.0527. The minimum Gasteiger partial charge on any atom is -0.462 e. The number of para-hydroxylation sites is 1. The predicted molar refractivity (Wildman–Crippen MR) is 93.0 cm³/mol. The molecule has 2 rings (SSSR count). The van der Waals surface area contributed by atoms with E-state index in [9.17, 15) is 4.79 Å². The van der Waals surface area contributed by atoms with Crippen LogP contribution in [0.2, 0.25) is 0 Å². The van der Waals surface area contributed by atoms with Crippen molar-refractivity contribution in [2.75, 3.05) is 11.9 Å². The molecule has 0 amide bonds. The van der Waals surface area contributed by atoms with Gasteiger partial charge in [0.05, 0.1) is 22.1 Å². The number of ether oxygens (including phenoxy) is 1. The molecule has 0 atom stereocenters. The number of hydrogen-bond acceptors (Lipinski definition) is 5. The fourth-order valence-corrected chi connectivity index (χ4v) is 4.01. The Hall–Kier alpha value is -1.33. The van der Waals surface area contributed by atoms with Gasteiger partial charge >= 0.3 is 5.97 Å². The normalized spacial score (nSPS) is 17.1. The number of thiocarbonyl (C=S) groups is 1. The Bertz CT molecular complexity index is 594. The van der Waals surface area contributed by atoms with Crippen molar-refractivity contribution in [1.82, 2.24) is 0 Å². The Morgan fingerprint density at radius 2 is 2.14 bits per heavy atom. The Morgan fingerprint density at radius 3 is 2.81 bits per heavy atom. The molecule has 1 N–H and O–H groups in total. The van der Waals surface area contributed by atoms with Gasteiger partial charge in [-0.3, -0.25) is 0 Å². The van der Waals surface area contributed by atoms with Crippen LogP contribution in [-0.4, -0.2) is 21.5 Å². The molecular formula is C16H19NO2S2. The third-order valence-electron chi connectivity index (χ3n) is 3.00. The van der Waals surface area contributed by atoms with Gasteiger partial charge in [0, 0.05) is 16.9 Å². The van der Waals surface area contributed by atoms with Crippen molar-refractivity contribution in [3.05, 3.63) is 41.6 Å². The van der Waals surface area contributed by atoms with E-state index in [1.165, 1.54) is 0 Å². The van der Waals surface area contributed by atoms with Crippen LogP contribution in [0, 0.1) is 0 Å². The molecule has 1 aliphatic heterocycles. The molecule has 1 aliphatic rings. The average molecular weight is 321 g/mol. The molecule has 3 nitrogen and oxygen atoms in total. The van der Waals surface area contributed by atoms with Gasteiger partial charge in [-0.1, -0.05) is 24.4 Å². The Morgan fingerprint density at radius 1 is 1.43 bits per heavy atom. The number of benzene rings is 1. The third kappa shape index (κ3) is 4.32. The second-order valence-electron chi connectivity index (χ2n) is 5.42. The van der Waals surface area contributed by atoms with Crippen LogP contribution >= 0.6 is 24.0 Å². The highest BCUT2D eigenvalue weighted by Crippen LogP contribution is 2.37. The summed E-state index contributed by atoms with van der Waals surface area (Å²) in [4.78, 5) is 12.0. The van der Waals surface area contributed by atoms with Crippen LogP contribution in [0.25, 0.3) is 0 Å². The summed E-state index contributed by atoms with van der Waals surface area (Å²) in [5.41, 5.74) is 2.33. The van der Waals surface area contributed by atoms with Crippen LogP contribution in [0.1, 0.15) is 37.6 Å². The zero-order valence-electron chi connectivity index (χ0n) is 12.4. The number of allylic oxidation sites excluding steroid dienone is 1. The molecule has 21 heavy (non-hydrogen) atoms. The zero-order valence-corrected chi connectivity index (χ0v) is 14.1. The number of esters is 1. The van der Waals surface area contributed by atoms with Crippen LogP contribution in [0.4, 0.5) is 5.69 Å². The van der Waals surface area contributed by atoms with Crippen LogP contribution in [0.3, 0.4) is 0 Å². The minimum atomic E-state index is -0.312. The quantitative estimate of drug-likeness (QED) is 0.657. The van der Waals surface area contributed by atoms with E-state index < -0.39 is 0 Å². The summed E-state index contributed by atoms with van der Waals surface area (Å²) in [7, 11) is 0. The molecule has 5 heteroatoms. The van der Waals surface area contributed by atoms with Crippen LogP contribution in [0.15, 0.2) is 36.0 Å². The van der Waals surface area contributed by atoms with Gasteiger partial charge in [-0.05, 0) is 39.0 Å². The maximum atomic E-state index is 12.0. The molecule has 1 heterocycles. The summed E-state index contributed by atoms with van der Waals surface area (Å²) in [6, 6.07) is 7.37. The minimum absolute atomic E-state index is 0.0625. The maximum Gasteiger partial charge on any atom is 0.340 e. The summed E-state index contributed by atoms with van der Waals surface area (Å²) in [6.45, 7) is 6.49. The third-order valence-corrected chi connectivity index (χ3v) is 4.39. The fourth-order valence-electron chi connectivity index (χ4n) is 2.22. The molecule has 0 saturated carbocycles. The lowest BCUT2D eigenvalue weighted by Gasteiger charge is -2.30. The molecule has 0 bridgehead atoms. The zero-order chi connectivity index (χ0) is 15.5. The molecule has 112 valence electrons. The van der Waals surface area contributed by atoms with E-state index >= 15 is 0 Å². The molecule has 0 fully saturated rings. The molecule has 0 spiro atoms. The summed E-state index contributed by atoms with van der Waals surface area (Å²) in [5, 5.41) is 3.33. The van der Waals surface area contributed by atoms with Crippen molar-refractivity contribution < 1.29 is 9.53 Å². The topological polar surface area (TPSA) is 38.3 Å². The van der Waals surface area contributed by atoms with Gasteiger partial charge in [0.15, 0.2) is 0 Å². The van der Waals surface area contributed by atoms with Gasteiger partial charge in [-0.2, -0.15) is 0 Å². The molecule has 0 aromatic heterocycles. The van der Waals surface area contributed by atoms with Crippen molar-refractivity contribution in [1.29, 1.82) is 0 Å². The first-order valence-electron chi connectivity index (χ1n) is 6.88. The van der Waals surface area contributed by atoms with Gasteiger partial charge in [-0.15, -0.1) is 11.8 Å². The standard InChI is InChI=1S/C16H19NO2S2/c1-4-19-15(18)12-7-5-6-8-13(12)17-11-9-14(20)21-16(2,3)10-11/h5-9,17H,4,10H2,1-3H3. The molecule has 0 radical (unpaired) electrons. The van der Waals surface area contributed by atoms with Crippen molar-refractivity contribution in [3.8, 4) is 0 Å². The second kappa shape index (κ2) is 6.62. The SMILES string of the molecule is CCOC(=O)c1ccccc1NC1=CC(=S)SC(C)(C)C1. The van der Waals surface area contributed by atoms with E-state index in [1.807, 2.05) is 24.3 Å². The van der Waals surface area contributed by atoms with E-state index in [1.54, 1.807) is 24.8 Å². The van der Waals surface area contributed by atoms with Crippen LogP contribution in [-0.2, 0) is 4.74 Å². The fraction of sp³-hybridized carbons (Fsp3) is 0.375. The van der Waals surface area contributed by atoms with Crippen molar-refractivity contribution >= 4 is 39.8 Å². The first-order chi connectivity index (χ1) is 9.91. The number of rotatable bonds is 4. The number of carbonyl (C=O) groups is 1. The first kappa shape index (κ1) is 16.0. The van der Waals surface area contributed by atoms with Gasteiger partial charge in [0.25, 0.3) is 0 Å². The van der Waals surface area contributed by atoms with Gasteiger partial charge in [0.2, 0.25) is 0 Å². The summed E-state index contributed by atoms with van der Waals surface area (Å²) in [6.07, 6.45) is 2.84. The van der Waals surface area contributed by atoms with Crippen molar-refractivity contribution in [2.24, 2.45) is 0 Å². The lowest BCUT2D eigenvalue weighted by atomic mass is 10.1. The van der Waals surface area contributed by atoms with Crippen molar-refractivity contribution in [2.45, 2.75) is 31.9 Å². The summed E-state index contributed by atoms with van der Waals surface area (Å²) in [5.74, 6) is -0.312. The smallest absolute Gasteiger partial charge is 0.340 e. The van der Waals surface area contributed by atoms with Crippen LogP contribution < -0.4 is 5.32 Å². The number of carbonyl (C=O) groups excluding carboxylic acids is 1. The highest BCUT2D eigenvalue weighted by molar-refractivity contribution is 8.24. The van der Waals surface area contributed by atoms with Gasteiger partial charge < -0.3 is 10.1 Å². The Kier molecular flexibility index (Phi) is 5.06. The second-order valence-corrected chi connectivity index (χ2v) is 7.87. The molecule has 0 saturated heterocycles. The van der Waals surface area contributed by atoms with Gasteiger partial charge in [-0.25, -0.2) is 4.79 Å². The molecule has 0 aliphatic carbocycles. The first-order valence-corrected chi connectivity index (χ1v) is 8.10. The monoisotopic (exact) mass is 321 g/mol. The Balaban J connectivity index is 2.24. The largest absolute Gasteiger partial charge is 0.462 e. The molecule has 1 aromatic rings. The average Bonchev–Trinajstić information content (AvgIpc) is 2.37. The highest BCUT2D eigenvalue weighted by atomic mass is 32.2. The lowest BCUT2D eigenvalue weighted by Crippen LogP contribution is -2.24. The number of nitrogens with one attached hydrogen (secondary N) is 1.